The van der Waals surface area contributed by atoms with Crippen molar-refractivity contribution in [2.75, 3.05) is 0 Å². The van der Waals surface area contributed by atoms with Crippen molar-refractivity contribution in [3.8, 4) is 0 Å². The molecular weight excluding hydrogens is 292 g/mol. The highest BCUT2D eigenvalue weighted by atomic mass is 79.9. The Balaban J connectivity index is 1.86. The summed E-state index contributed by atoms with van der Waals surface area (Å²) in [5.41, 5.74) is 7.05. The zero-order valence-electron chi connectivity index (χ0n) is 10.4. The molecule has 0 spiro atoms. The predicted octanol–water partition coefficient (Wildman–Crippen LogP) is 2.38. The molecule has 18 heavy (non-hydrogen) atoms. The van der Waals surface area contributed by atoms with Gasteiger partial charge in [-0.25, -0.2) is 0 Å². The fourth-order valence-electron chi connectivity index (χ4n) is 2.38. The first-order valence-electron chi connectivity index (χ1n) is 6.44. The molecule has 0 saturated heterocycles. The number of amides is 1. The molecule has 2 rings (SSSR count). The molecule has 1 aromatic rings. The standard InChI is InChI=1S/C14H19BrN2O/c15-11-7-5-10(6-8-11)9-14(18)17-13-4-2-1-3-12(13)16/h5-8,12-13H,1-4,9,16H2,(H,17,18). The maximum atomic E-state index is 11.9. The van der Waals surface area contributed by atoms with E-state index in [4.69, 9.17) is 5.73 Å². The lowest BCUT2D eigenvalue weighted by molar-refractivity contribution is -0.121. The summed E-state index contributed by atoms with van der Waals surface area (Å²) in [6.07, 6.45) is 4.80. The third-order valence-electron chi connectivity index (χ3n) is 3.44. The molecule has 1 aromatic carbocycles. The van der Waals surface area contributed by atoms with Gasteiger partial charge in [0, 0.05) is 16.6 Å². The molecule has 3 nitrogen and oxygen atoms in total. The molecule has 1 amide bonds. The second kappa shape index (κ2) is 6.34. The minimum atomic E-state index is 0.0691. The highest BCUT2D eigenvalue weighted by Gasteiger charge is 2.23. The van der Waals surface area contributed by atoms with Gasteiger partial charge >= 0.3 is 0 Å². The smallest absolute Gasteiger partial charge is 0.224 e. The van der Waals surface area contributed by atoms with E-state index in [9.17, 15) is 4.79 Å². The van der Waals surface area contributed by atoms with Gasteiger partial charge in [-0.2, -0.15) is 0 Å². The van der Waals surface area contributed by atoms with Crippen LogP contribution in [0.3, 0.4) is 0 Å². The molecule has 0 aliphatic heterocycles. The summed E-state index contributed by atoms with van der Waals surface area (Å²) in [6, 6.07) is 8.10. The second-order valence-electron chi connectivity index (χ2n) is 4.93. The van der Waals surface area contributed by atoms with Gasteiger partial charge in [0.15, 0.2) is 0 Å². The van der Waals surface area contributed by atoms with Crippen molar-refractivity contribution in [2.24, 2.45) is 5.73 Å². The van der Waals surface area contributed by atoms with E-state index < -0.39 is 0 Å². The van der Waals surface area contributed by atoms with E-state index in [1.807, 2.05) is 24.3 Å². The van der Waals surface area contributed by atoms with Crippen LogP contribution in [0.1, 0.15) is 31.2 Å². The lowest BCUT2D eigenvalue weighted by Crippen LogP contribution is -2.49. The number of carbonyl (C=O) groups excluding carboxylic acids is 1. The van der Waals surface area contributed by atoms with Gasteiger partial charge in [-0.1, -0.05) is 40.9 Å². The fraction of sp³-hybridized carbons (Fsp3) is 0.500. The minimum Gasteiger partial charge on any atom is -0.352 e. The van der Waals surface area contributed by atoms with E-state index in [1.54, 1.807) is 0 Å². The van der Waals surface area contributed by atoms with Gasteiger partial charge in [0.2, 0.25) is 5.91 Å². The van der Waals surface area contributed by atoms with Crippen LogP contribution in [0.5, 0.6) is 0 Å². The quantitative estimate of drug-likeness (QED) is 0.900. The van der Waals surface area contributed by atoms with Crippen LogP contribution < -0.4 is 11.1 Å². The second-order valence-corrected chi connectivity index (χ2v) is 5.84. The molecule has 1 aliphatic rings. The lowest BCUT2D eigenvalue weighted by atomic mass is 9.91. The van der Waals surface area contributed by atoms with E-state index in [2.05, 4.69) is 21.2 Å². The van der Waals surface area contributed by atoms with Crippen molar-refractivity contribution < 1.29 is 4.79 Å². The summed E-state index contributed by atoms with van der Waals surface area (Å²) in [4.78, 5) is 11.9. The van der Waals surface area contributed by atoms with Gasteiger partial charge in [-0.05, 0) is 30.5 Å². The van der Waals surface area contributed by atoms with E-state index in [0.717, 1.165) is 29.3 Å². The zero-order valence-corrected chi connectivity index (χ0v) is 11.9. The van der Waals surface area contributed by atoms with Crippen molar-refractivity contribution in [2.45, 2.75) is 44.2 Å². The summed E-state index contributed by atoms with van der Waals surface area (Å²) in [5, 5.41) is 3.06. The number of nitrogens with two attached hydrogens (primary N) is 1. The number of nitrogens with one attached hydrogen (secondary N) is 1. The van der Waals surface area contributed by atoms with Crippen molar-refractivity contribution >= 4 is 21.8 Å². The number of rotatable bonds is 3. The number of hydrogen-bond acceptors (Lipinski definition) is 2. The molecule has 0 bridgehead atoms. The summed E-state index contributed by atoms with van der Waals surface area (Å²) in [5.74, 6) is 0.0691. The van der Waals surface area contributed by atoms with Crippen LogP contribution in [0.2, 0.25) is 0 Å². The number of hydrogen-bond donors (Lipinski definition) is 2. The molecule has 1 saturated carbocycles. The van der Waals surface area contributed by atoms with Gasteiger partial charge < -0.3 is 11.1 Å². The topological polar surface area (TPSA) is 55.1 Å². The summed E-state index contributed by atoms with van der Waals surface area (Å²) in [7, 11) is 0. The van der Waals surface area contributed by atoms with Crippen LogP contribution in [0, 0.1) is 0 Å². The average molecular weight is 311 g/mol. The fourth-order valence-corrected chi connectivity index (χ4v) is 2.65. The largest absolute Gasteiger partial charge is 0.352 e. The SMILES string of the molecule is NC1CCCCC1NC(=O)Cc1ccc(Br)cc1. The van der Waals surface area contributed by atoms with Crippen LogP contribution in [0.25, 0.3) is 0 Å². The Labute approximate surface area is 116 Å². The maximum absolute atomic E-state index is 11.9. The molecule has 4 heteroatoms. The van der Waals surface area contributed by atoms with E-state index in [-0.39, 0.29) is 18.0 Å². The monoisotopic (exact) mass is 310 g/mol. The Morgan fingerprint density at radius 2 is 1.94 bits per heavy atom. The van der Waals surface area contributed by atoms with E-state index in [1.165, 1.54) is 6.42 Å². The highest BCUT2D eigenvalue weighted by Crippen LogP contribution is 2.17. The van der Waals surface area contributed by atoms with Crippen LogP contribution in [0.4, 0.5) is 0 Å². The van der Waals surface area contributed by atoms with Gasteiger partial charge in [0.1, 0.15) is 0 Å². The Morgan fingerprint density at radius 3 is 2.61 bits per heavy atom. The zero-order chi connectivity index (χ0) is 13.0. The summed E-state index contributed by atoms with van der Waals surface area (Å²) >= 11 is 3.38. The Kier molecular flexibility index (Phi) is 4.78. The van der Waals surface area contributed by atoms with Gasteiger partial charge in [0.25, 0.3) is 0 Å². The molecule has 0 radical (unpaired) electrons. The lowest BCUT2D eigenvalue weighted by Gasteiger charge is -2.29. The summed E-state index contributed by atoms with van der Waals surface area (Å²) < 4.78 is 1.03. The summed E-state index contributed by atoms with van der Waals surface area (Å²) in [6.45, 7) is 0. The molecule has 1 aliphatic carbocycles. The van der Waals surface area contributed by atoms with Crippen LogP contribution in [-0.4, -0.2) is 18.0 Å². The maximum Gasteiger partial charge on any atom is 0.224 e. The Hall–Kier alpha value is -0.870. The number of halogens is 1. The van der Waals surface area contributed by atoms with Gasteiger partial charge in [-0.3, -0.25) is 4.79 Å². The van der Waals surface area contributed by atoms with Crippen molar-refractivity contribution in [1.82, 2.24) is 5.32 Å². The molecular formula is C14H19BrN2O. The average Bonchev–Trinajstić information content (AvgIpc) is 2.35. The van der Waals surface area contributed by atoms with Crippen LogP contribution in [-0.2, 0) is 11.2 Å². The van der Waals surface area contributed by atoms with Crippen LogP contribution >= 0.6 is 15.9 Å². The van der Waals surface area contributed by atoms with Gasteiger partial charge in [-0.15, -0.1) is 0 Å². The van der Waals surface area contributed by atoms with Crippen molar-refractivity contribution in [3.05, 3.63) is 34.3 Å². The highest BCUT2D eigenvalue weighted by molar-refractivity contribution is 9.10. The molecule has 1 fully saturated rings. The number of benzene rings is 1. The normalized spacial score (nSPS) is 23.7. The minimum absolute atomic E-state index is 0.0691. The third kappa shape index (κ3) is 3.82. The first kappa shape index (κ1) is 13.6. The molecule has 98 valence electrons. The first-order chi connectivity index (χ1) is 8.65. The Morgan fingerprint density at radius 1 is 1.28 bits per heavy atom. The van der Waals surface area contributed by atoms with Crippen LogP contribution in [0.15, 0.2) is 28.7 Å². The predicted molar refractivity (Wildman–Crippen MR) is 76.2 cm³/mol. The molecule has 3 N–H and O–H groups in total. The molecule has 0 heterocycles. The molecule has 2 atom stereocenters. The van der Waals surface area contributed by atoms with E-state index in [0.29, 0.717) is 6.42 Å². The number of carbonyl (C=O) groups is 1. The molecule has 0 aromatic heterocycles. The van der Waals surface area contributed by atoms with E-state index >= 15 is 0 Å². The Bertz CT molecular complexity index is 405. The first-order valence-corrected chi connectivity index (χ1v) is 7.24. The molecule has 2 unspecified atom stereocenters. The van der Waals surface area contributed by atoms with Crippen molar-refractivity contribution in [1.29, 1.82) is 0 Å². The van der Waals surface area contributed by atoms with Gasteiger partial charge in [0.05, 0.1) is 6.42 Å². The van der Waals surface area contributed by atoms with Crippen molar-refractivity contribution in [3.63, 3.8) is 0 Å². The third-order valence-corrected chi connectivity index (χ3v) is 3.97.